The third-order valence-electron chi connectivity index (χ3n) is 5.89. The first-order valence-corrected chi connectivity index (χ1v) is 11.3. The van der Waals surface area contributed by atoms with Crippen molar-refractivity contribution in [2.75, 3.05) is 44.3 Å². The van der Waals surface area contributed by atoms with E-state index in [1.165, 1.54) is 12.1 Å². The number of anilines is 1. The molecule has 1 saturated carbocycles. The van der Waals surface area contributed by atoms with Crippen LogP contribution in [0, 0.1) is 11.7 Å². The second-order valence-corrected chi connectivity index (χ2v) is 8.48. The Labute approximate surface area is 188 Å². The SMILES string of the molecule is O=C(Cc1ccc(N(Cc2cccc(F)c2)C(=O)C2CC2)cc1)NCCN1CCOCC1. The number of nitrogens with one attached hydrogen (secondary N) is 1. The maximum Gasteiger partial charge on any atom is 0.230 e. The molecule has 32 heavy (non-hydrogen) atoms. The molecule has 170 valence electrons. The molecule has 1 aliphatic heterocycles. The molecule has 0 atom stereocenters. The number of ether oxygens (including phenoxy) is 1. The second kappa shape index (κ2) is 10.7. The normalized spacial score (nSPS) is 16.5. The van der Waals surface area contributed by atoms with Gasteiger partial charge in [-0.3, -0.25) is 14.5 Å². The molecule has 4 rings (SSSR count). The summed E-state index contributed by atoms with van der Waals surface area (Å²) in [7, 11) is 0. The zero-order chi connectivity index (χ0) is 22.3. The smallest absolute Gasteiger partial charge is 0.230 e. The molecule has 2 amide bonds. The molecule has 0 bridgehead atoms. The standard InChI is InChI=1S/C25H30FN3O3/c26-22-3-1-2-20(16-22)18-29(25(31)21-6-7-21)23-8-4-19(5-9-23)17-24(30)27-10-11-28-12-14-32-15-13-28/h1-5,8-9,16,21H,6-7,10-15,17-18H2,(H,27,30). The summed E-state index contributed by atoms with van der Waals surface area (Å²) in [4.78, 5) is 29.2. The molecular weight excluding hydrogens is 409 g/mol. The number of nitrogens with zero attached hydrogens (tertiary/aromatic N) is 2. The Morgan fingerprint density at radius 1 is 1.06 bits per heavy atom. The Balaban J connectivity index is 1.33. The predicted molar refractivity (Wildman–Crippen MR) is 121 cm³/mol. The molecule has 0 radical (unpaired) electrons. The fraction of sp³-hybridized carbons (Fsp3) is 0.440. The molecule has 0 aromatic heterocycles. The summed E-state index contributed by atoms with van der Waals surface area (Å²) < 4.78 is 18.9. The van der Waals surface area contributed by atoms with E-state index in [1.54, 1.807) is 11.0 Å². The zero-order valence-electron chi connectivity index (χ0n) is 18.3. The average molecular weight is 440 g/mol. The third kappa shape index (κ3) is 6.37. The van der Waals surface area contributed by atoms with Gasteiger partial charge in [0.2, 0.25) is 11.8 Å². The topological polar surface area (TPSA) is 61.9 Å². The van der Waals surface area contributed by atoms with Gasteiger partial charge in [0.15, 0.2) is 0 Å². The van der Waals surface area contributed by atoms with Gasteiger partial charge in [-0.2, -0.15) is 0 Å². The lowest BCUT2D eigenvalue weighted by Gasteiger charge is -2.26. The number of rotatable bonds is 9. The van der Waals surface area contributed by atoms with Crippen LogP contribution in [0.1, 0.15) is 24.0 Å². The fourth-order valence-electron chi connectivity index (χ4n) is 3.88. The Morgan fingerprint density at radius 3 is 2.50 bits per heavy atom. The second-order valence-electron chi connectivity index (χ2n) is 8.48. The first kappa shape index (κ1) is 22.4. The van der Waals surface area contributed by atoms with Crippen LogP contribution < -0.4 is 10.2 Å². The highest BCUT2D eigenvalue weighted by molar-refractivity contribution is 5.96. The van der Waals surface area contributed by atoms with Gasteiger partial charge in [0.1, 0.15) is 5.82 Å². The van der Waals surface area contributed by atoms with Crippen molar-refractivity contribution in [1.29, 1.82) is 0 Å². The van der Waals surface area contributed by atoms with Crippen molar-refractivity contribution in [3.8, 4) is 0 Å². The van der Waals surface area contributed by atoms with Crippen LogP contribution in [-0.2, 0) is 27.3 Å². The van der Waals surface area contributed by atoms with Crippen molar-refractivity contribution >= 4 is 17.5 Å². The van der Waals surface area contributed by atoms with Crippen LogP contribution in [0.4, 0.5) is 10.1 Å². The van der Waals surface area contributed by atoms with Gasteiger partial charge in [-0.25, -0.2) is 4.39 Å². The number of morpholine rings is 1. The molecule has 1 heterocycles. The third-order valence-corrected chi connectivity index (χ3v) is 5.89. The number of carbonyl (C=O) groups is 2. The summed E-state index contributed by atoms with van der Waals surface area (Å²) in [5.41, 5.74) is 2.41. The molecule has 0 unspecified atom stereocenters. The van der Waals surface area contributed by atoms with Crippen molar-refractivity contribution < 1.29 is 18.7 Å². The van der Waals surface area contributed by atoms with E-state index in [-0.39, 0.29) is 23.5 Å². The van der Waals surface area contributed by atoms with E-state index in [0.29, 0.717) is 19.5 Å². The van der Waals surface area contributed by atoms with Crippen LogP contribution in [0.15, 0.2) is 48.5 Å². The van der Waals surface area contributed by atoms with Crippen LogP contribution in [0.25, 0.3) is 0 Å². The summed E-state index contributed by atoms with van der Waals surface area (Å²) in [5, 5.41) is 2.97. The minimum absolute atomic E-state index is 0.0170. The van der Waals surface area contributed by atoms with Crippen LogP contribution in [-0.4, -0.2) is 56.1 Å². The predicted octanol–water partition coefficient (Wildman–Crippen LogP) is 2.76. The summed E-state index contributed by atoms with van der Waals surface area (Å²) >= 11 is 0. The van der Waals surface area contributed by atoms with Crippen LogP contribution >= 0.6 is 0 Å². The fourth-order valence-corrected chi connectivity index (χ4v) is 3.88. The van der Waals surface area contributed by atoms with Crippen molar-refractivity contribution in [2.45, 2.75) is 25.8 Å². The molecule has 2 aromatic rings. The van der Waals surface area contributed by atoms with Crippen LogP contribution in [0.5, 0.6) is 0 Å². The van der Waals surface area contributed by atoms with Gasteiger partial charge in [0, 0.05) is 37.8 Å². The van der Waals surface area contributed by atoms with Gasteiger partial charge >= 0.3 is 0 Å². The van der Waals surface area contributed by atoms with Crippen molar-refractivity contribution in [2.24, 2.45) is 5.92 Å². The minimum atomic E-state index is -0.309. The van der Waals surface area contributed by atoms with Gasteiger partial charge in [-0.05, 0) is 48.2 Å². The summed E-state index contributed by atoms with van der Waals surface area (Å²) in [5.74, 6) is -0.198. The molecule has 7 heteroatoms. The Morgan fingerprint density at radius 2 is 1.81 bits per heavy atom. The molecule has 2 fully saturated rings. The maximum absolute atomic E-state index is 13.6. The molecule has 1 aliphatic carbocycles. The molecule has 2 aliphatic rings. The van der Waals surface area contributed by atoms with Crippen molar-refractivity contribution in [3.05, 3.63) is 65.5 Å². The number of halogens is 1. The minimum Gasteiger partial charge on any atom is -0.379 e. The molecule has 1 saturated heterocycles. The van der Waals surface area contributed by atoms with E-state index in [9.17, 15) is 14.0 Å². The van der Waals surface area contributed by atoms with E-state index >= 15 is 0 Å². The van der Waals surface area contributed by atoms with Crippen LogP contribution in [0.2, 0.25) is 0 Å². The molecule has 2 aromatic carbocycles. The van der Waals surface area contributed by atoms with Crippen molar-refractivity contribution in [1.82, 2.24) is 10.2 Å². The first-order valence-electron chi connectivity index (χ1n) is 11.3. The number of carbonyl (C=O) groups excluding carboxylic acids is 2. The highest BCUT2D eigenvalue weighted by Gasteiger charge is 2.34. The van der Waals surface area contributed by atoms with Crippen LogP contribution in [0.3, 0.4) is 0 Å². The lowest BCUT2D eigenvalue weighted by molar-refractivity contribution is -0.121. The molecule has 6 nitrogen and oxygen atoms in total. The summed E-state index contributed by atoms with van der Waals surface area (Å²) in [6.07, 6.45) is 2.10. The maximum atomic E-state index is 13.6. The number of benzene rings is 2. The lowest BCUT2D eigenvalue weighted by Crippen LogP contribution is -2.41. The molecule has 1 N–H and O–H groups in total. The van der Waals surface area contributed by atoms with Crippen molar-refractivity contribution in [3.63, 3.8) is 0 Å². The van der Waals surface area contributed by atoms with Gasteiger partial charge in [0.05, 0.1) is 26.2 Å². The Kier molecular flexibility index (Phi) is 7.50. The lowest BCUT2D eigenvalue weighted by atomic mass is 10.1. The van der Waals surface area contributed by atoms with Gasteiger partial charge in [-0.1, -0.05) is 24.3 Å². The van der Waals surface area contributed by atoms with Gasteiger partial charge in [-0.15, -0.1) is 0 Å². The Hall–Kier alpha value is -2.77. The van der Waals surface area contributed by atoms with E-state index in [1.807, 2.05) is 30.3 Å². The Bertz CT molecular complexity index is 924. The summed E-state index contributed by atoms with van der Waals surface area (Å²) in [6.45, 7) is 5.08. The largest absolute Gasteiger partial charge is 0.379 e. The van der Waals surface area contributed by atoms with Gasteiger partial charge in [0.25, 0.3) is 0 Å². The monoisotopic (exact) mass is 439 g/mol. The van der Waals surface area contributed by atoms with Gasteiger partial charge < -0.3 is 15.0 Å². The quantitative estimate of drug-likeness (QED) is 0.653. The average Bonchev–Trinajstić information content (AvgIpc) is 3.64. The number of hydrogen-bond acceptors (Lipinski definition) is 4. The van der Waals surface area contributed by atoms with E-state index in [2.05, 4.69) is 10.2 Å². The summed E-state index contributed by atoms with van der Waals surface area (Å²) in [6, 6.07) is 13.9. The highest BCUT2D eigenvalue weighted by atomic mass is 19.1. The van der Waals surface area contributed by atoms with E-state index in [0.717, 1.165) is 62.5 Å². The number of hydrogen-bond donors (Lipinski definition) is 1. The van der Waals surface area contributed by atoms with E-state index < -0.39 is 0 Å². The molecular formula is C25H30FN3O3. The highest BCUT2D eigenvalue weighted by Crippen LogP contribution is 2.33. The first-order chi connectivity index (χ1) is 15.6. The number of amides is 2. The molecule has 0 spiro atoms. The van der Waals surface area contributed by atoms with E-state index in [4.69, 9.17) is 4.74 Å². The zero-order valence-corrected chi connectivity index (χ0v) is 18.3.